The zero-order valence-corrected chi connectivity index (χ0v) is 18.4. The van der Waals surface area contributed by atoms with Crippen molar-refractivity contribution in [3.63, 3.8) is 0 Å². The highest BCUT2D eigenvalue weighted by Crippen LogP contribution is 2.35. The van der Waals surface area contributed by atoms with E-state index in [1.54, 1.807) is 0 Å². The number of hydrogen-bond donors (Lipinski definition) is 1. The Labute approximate surface area is 189 Å². The summed E-state index contributed by atoms with van der Waals surface area (Å²) in [7, 11) is 0. The van der Waals surface area contributed by atoms with Crippen LogP contribution < -0.4 is 5.32 Å². The van der Waals surface area contributed by atoms with E-state index in [9.17, 15) is 4.79 Å². The van der Waals surface area contributed by atoms with E-state index in [0.717, 1.165) is 30.0 Å². The van der Waals surface area contributed by atoms with E-state index in [2.05, 4.69) is 65.3 Å². The van der Waals surface area contributed by atoms with Crippen molar-refractivity contribution >= 4 is 5.91 Å². The lowest BCUT2D eigenvalue weighted by molar-refractivity contribution is 0.0951. The summed E-state index contributed by atoms with van der Waals surface area (Å²) in [6.07, 6.45) is 3.43. The summed E-state index contributed by atoms with van der Waals surface area (Å²) in [5.74, 6) is 0.671. The fraction of sp³-hybridized carbons (Fsp3) is 0.207. The third kappa shape index (κ3) is 4.11. The molecule has 1 heterocycles. The number of aromatic nitrogens is 1. The van der Waals surface area contributed by atoms with Crippen molar-refractivity contribution < 1.29 is 4.79 Å². The molecule has 32 heavy (non-hydrogen) atoms. The first kappa shape index (κ1) is 20.3. The van der Waals surface area contributed by atoms with Crippen molar-refractivity contribution in [3.8, 4) is 16.9 Å². The Kier molecular flexibility index (Phi) is 5.64. The van der Waals surface area contributed by atoms with Gasteiger partial charge in [0.25, 0.3) is 5.91 Å². The maximum atomic E-state index is 12.7. The first-order valence-electron chi connectivity index (χ1n) is 11.4. The van der Waals surface area contributed by atoms with E-state index in [4.69, 9.17) is 0 Å². The smallest absolute Gasteiger partial charge is 0.251 e. The Morgan fingerprint density at radius 1 is 0.938 bits per heavy atom. The van der Waals surface area contributed by atoms with Gasteiger partial charge in [0.15, 0.2) is 0 Å². The van der Waals surface area contributed by atoms with Gasteiger partial charge in [-0.05, 0) is 72.2 Å². The van der Waals surface area contributed by atoms with Crippen LogP contribution in [0.4, 0.5) is 0 Å². The molecule has 160 valence electrons. The summed E-state index contributed by atoms with van der Waals surface area (Å²) in [6, 6.07) is 30.9. The first-order chi connectivity index (χ1) is 15.7. The minimum absolute atomic E-state index is 0.0490. The molecule has 1 aliphatic rings. The number of carbonyl (C=O) groups excluding carboxylic acids is 1. The van der Waals surface area contributed by atoms with Crippen molar-refractivity contribution in [1.29, 1.82) is 0 Å². The largest absolute Gasteiger partial charge is 0.348 e. The van der Waals surface area contributed by atoms with Gasteiger partial charge in [0.1, 0.15) is 0 Å². The van der Waals surface area contributed by atoms with Gasteiger partial charge in [-0.25, -0.2) is 0 Å². The molecule has 0 fully saturated rings. The average Bonchev–Trinajstić information content (AvgIpc) is 3.22. The lowest BCUT2D eigenvalue weighted by Gasteiger charge is -2.21. The van der Waals surface area contributed by atoms with Crippen LogP contribution in [0.1, 0.15) is 40.5 Å². The zero-order valence-electron chi connectivity index (χ0n) is 18.4. The number of nitrogens with one attached hydrogen (secondary N) is 1. The molecule has 0 spiro atoms. The molecular weight excluding hydrogens is 392 g/mol. The molecule has 1 atom stereocenters. The lowest BCUT2D eigenvalue weighted by atomic mass is 9.89. The number of rotatable bonds is 5. The van der Waals surface area contributed by atoms with E-state index in [-0.39, 0.29) is 5.91 Å². The Morgan fingerprint density at radius 2 is 1.62 bits per heavy atom. The number of fused-ring (bicyclic) bond motifs is 1. The van der Waals surface area contributed by atoms with E-state index in [1.807, 2.05) is 42.5 Å². The Balaban J connectivity index is 1.44. The molecule has 1 aromatic heterocycles. The van der Waals surface area contributed by atoms with Crippen LogP contribution in [-0.2, 0) is 19.4 Å². The molecule has 4 aromatic rings. The molecular formula is C29H28N2O. The van der Waals surface area contributed by atoms with Gasteiger partial charge in [0.2, 0.25) is 0 Å². The van der Waals surface area contributed by atoms with Gasteiger partial charge in [-0.1, -0.05) is 67.6 Å². The molecule has 0 radical (unpaired) electrons. The molecule has 0 saturated heterocycles. The minimum Gasteiger partial charge on any atom is -0.348 e. The number of benzene rings is 3. The molecule has 1 amide bonds. The van der Waals surface area contributed by atoms with Crippen molar-refractivity contribution in [2.24, 2.45) is 5.92 Å². The molecule has 3 heteroatoms. The Morgan fingerprint density at radius 3 is 2.34 bits per heavy atom. The molecule has 3 nitrogen and oxygen atoms in total. The van der Waals surface area contributed by atoms with Crippen molar-refractivity contribution in [2.75, 3.05) is 0 Å². The third-order valence-electron chi connectivity index (χ3n) is 6.39. The summed E-state index contributed by atoms with van der Waals surface area (Å²) in [6.45, 7) is 2.87. The van der Waals surface area contributed by atoms with Crippen molar-refractivity contribution in [1.82, 2.24) is 9.88 Å². The van der Waals surface area contributed by atoms with Crippen molar-refractivity contribution in [3.05, 3.63) is 113 Å². The molecule has 0 saturated carbocycles. The maximum Gasteiger partial charge on any atom is 0.251 e. The van der Waals surface area contributed by atoms with Crippen LogP contribution in [0.15, 0.2) is 91.0 Å². The van der Waals surface area contributed by atoms with E-state index < -0.39 is 0 Å². The monoisotopic (exact) mass is 420 g/mol. The van der Waals surface area contributed by atoms with Gasteiger partial charge in [-0.15, -0.1) is 0 Å². The Hall–Kier alpha value is -3.59. The molecule has 1 aliphatic carbocycles. The number of amides is 1. The molecule has 5 rings (SSSR count). The summed E-state index contributed by atoms with van der Waals surface area (Å²) in [5, 5.41) is 3.02. The van der Waals surface area contributed by atoms with Crippen LogP contribution in [0.2, 0.25) is 0 Å². The van der Waals surface area contributed by atoms with Crippen LogP contribution in [0, 0.1) is 5.92 Å². The van der Waals surface area contributed by atoms with Crippen molar-refractivity contribution in [2.45, 2.75) is 32.7 Å². The van der Waals surface area contributed by atoms with E-state index in [0.29, 0.717) is 12.1 Å². The molecule has 0 aliphatic heterocycles. The molecule has 3 aromatic carbocycles. The van der Waals surface area contributed by atoms with Gasteiger partial charge in [0.05, 0.1) is 5.69 Å². The predicted octanol–water partition coefficient (Wildman–Crippen LogP) is 6.20. The van der Waals surface area contributed by atoms with Crippen LogP contribution in [-0.4, -0.2) is 10.5 Å². The second-order valence-electron chi connectivity index (χ2n) is 8.77. The summed E-state index contributed by atoms with van der Waals surface area (Å²) < 4.78 is 2.39. The van der Waals surface area contributed by atoms with E-state index >= 15 is 0 Å². The predicted molar refractivity (Wildman–Crippen MR) is 130 cm³/mol. The second-order valence-corrected chi connectivity index (χ2v) is 8.77. The average molecular weight is 421 g/mol. The van der Waals surface area contributed by atoms with Crippen LogP contribution in [0.3, 0.4) is 0 Å². The Bertz CT molecular complexity index is 1210. The normalized spacial score (nSPS) is 15.2. The molecule has 1 N–H and O–H groups in total. The zero-order chi connectivity index (χ0) is 21.9. The highest BCUT2D eigenvalue weighted by molar-refractivity contribution is 5.94. The van der Waals surface area contributed by atoms with Gasteiger partial charge >= 0.3 is 0 Å². The van der Waals surface area contributed by atoms with E-state index in [1.165, 1.54) is 28.9 Å². The first-order valence-corrected chi connectivity index (χ1v) is 11.4. The number of nitrogens with zero attached hydrogens (tertiary/aromatic N) is 1. The van der Waals surface area contributed by atoms with Gasteiger partial charge in [0, 0.05) is 23.5 Å². The quantitative estimate of drug-likeness (QED) is 0.410. The highest BCUT2D eigenvalue weighted by Gasteiger charge is 2.23. The SMILES string of the molecule is C[C@H]1CCc2c(cc(-c3ccccc3)n2-c2ccc(C(=O)NCc3ccccc3)cc2)C1. The topological polar surface area (TPSA) is 34.0 Å². The third-order valence-corrected chi connectivity index (χ3v) is 6.39. The van der Waals surface area contributed by atoms with Gasteiger partial charge in [-0.3, -0.25) is 4.79 Å². The number of hydrogen-bond acceptors (Lipinski definition) is 1. The molecule has 0 bridgehead atoms. The standard InChI is InChI=1S/C29H28N2O/c1-21-12-17-27-25(18-21)19-28(23-10-6-3-7-11-23)31(27)26-15-13-24(14-16-26)29(32)30-20-22-8-4-2-5-9-22/h2-11,13-16,19,21H,12,17-18,20H2,1H3,(H,30,32)/t21-/m0/s1. The fourth-order valence-corrected chi connectivity index (χ4v) is 4.67. The summed E-state index contributed by atoms with van der Waals surface area (Å²) >= 11 is 0. The van der Waals surface area contributed by atoms with Crippen LogP contribution in [0.5, 0.6) is 0 Å². The summed E-state index contributed by atoms with van der Waals surface area (Å²) in [4.78, 5) is 12.7. The maximum absolute atomic E-state index is 12.7. The lowest BCUT2D eigenvalue weighted by Crippen LogP contribution is -2.22. The summed E-state index contributed by atoms with van der Waals surface area (Å²) in [5.41, 5.74) is 8.19. The number of carbonyl (C=O) groups is 1. The van der Waals surface area contributed by atoms with Crippen LogP contribution >= 0.6 is 0 Å². The minimum atomic E-state index is -0.0490. The fourth-order valence-electron chi connectivity index (χ4n) is 4.67. The van der Waals surface area contributed by atoms with Gasteiger partial charge < -0.3 is 9.88 Å². The second kappa shape index (κ2) is 8.88. The van der Waals surface area contributed by atoms with Crippen LogP contribution in [0.25, 0.3) is 16.9 Å². The van der Waals surface area contributed by atoms with Gasteiger partial charge in [-0.2, -0.15) is 0 Å². The molecule has 0 unspecified atom stereocenters. The highest BCUT2D eigenvalue weighted by atomic mass is 16.1.